The summed E-state index contributed by atoms with van der Waals surface area (Å²) < 4.78 is 33.4. The molecule has 0 heterocycles. The molecule has 0 atom stereocenters. The van der Waals surface area contributed by atoms with Gasteiger partial charge in [-0.15, -0.1) is 0 Å². The number of nitrogens with one attached hydrogen (secondary N) is 2. The number of benzene rings is 2. The summed E-state index contributed by atoms with van der Waals surface area (Å²) in [4.78, 5) is 12.4. The smallest absolute Gasteiger partial charge is 0.261 e. The van der Waals surface area contributed by atoms with Gasteiger partial charge in [0.25, 0.3) is 15.9 Å². The van der Waals surface area contributed by atoms with E-state index in [0.717, 1.165) is 12.8 Å². The van der Waals surface area contributed by atoms with Crippen LogP contribution in [0.25, 0.3) is 0 Å². The van der Waals surface area contributed by atoms with Crippen molar-refractivity contribution in [2.45, 2.75) is 23.8 Å². The molecule has 6 nitrogen and oxygen atoms in total. The second kappa shape index (κ2) is 7.05. The topological polar surface area (TPSA) is 84.5 Å². The van der Waals surface area contributed by atoms with Gasteiger partial charge in [0, 0.05) is 6.04 Å². The first-order valence-electron chi connectivity index (χ1n) is 7.67. The summed E-state index contributed by atoms with van der Waals surface area (Å²) >= 11 is 3.28. The Bertz CT molecular complexity index is 911. The first kappa shape index (κ1) is 17.8. The molecule has 0 bridgehead atoms. The second-order valence-corrected chi connectivity index (χ2v) is 8.23. The summed E-state index contributed by atoms with van der Waals surface area (Å²) in [5.41, 5.74) is 0.540. The van der Waals surface area contributed by atoms with Crippen molar-refractivity contribution in [1.29, 1.82) is 0 Å². The van der Waals surface area contributed by atoms with Crippen molar-refractivity contribution in [2.24, 2.45) is 0 Å². The molecule has 0 spiro atoms. The Balaban J connectivity index is 1.88. The van der Waals surface area contributed by atoms with E-state index < -0.39 is 10.0 Å². The summed E-state index contributed by atoms with van der Waals surface area (Å²) in [6.07, 6.45) is 1.92. The van der Waals surface area contributed by atoms with Crippen LogP contribution in [-0.4, -0.2) is 27.5 Å². The number of anilines is 1. The Morgan fingerprint density at radius 2 is 1.92 bits per heavy atom. The molecule has 1 aliphatic rings. The summed E-state index contributed by atoms with van der Waals surface area (Å²) in [7, 11) is -2.34. The number of ether oxygens (including phenoxy) is 1. The van der Waals surface area contributed by atoms with Gasteiger partial charge in [-0.3, -0.25) is 9.52 Å². The lowest BCUT2D eigenvalue weighted by atomic mass is 10.1. The van der Waals surface area contributed by atoms with Gasteiger partial charge >= 0.3 is 0 Å². The molecular formula is C17H17BrN2O4S. The van der Waals surface area contributed by atoms with E-state index in [1.54, 1.807) is 30.3 Å². The fraction of sp³-hybridized carbons (Fsp3) is 0.235. The van der Waals surface area contributed by atoms with E-state index in [1.165, 1.54) is 19.2 Å². The Labute approximate surface area is 154 Å². The van der Waals surface area contributed by atoms with E-state index in [4.69, 9.17) is 4.74 Å². The molecule has 0 aromatic heterocycles. The fourth-order valence-corrected chi connectivity index (χ4v) is 4.08. The minimum atomic E-state index is -3.85. The fourth-order valence-electron chi connectivity index (χ4n) is 2.28. The van der Waals surface area contributed by atoms with Gasteiger partial charge in [0.15, 0.2) is 0 Å². The number of para-hydroxylation sites is 1. The molecule has 25 heavy (non-hydrogen) atoms. The summed E-state index contributed by atoms with van der Waals surface area (Å²) in [6, 6.07) is 11.2. The molecule has 0 saturated heterocycles. The van der Waals surface area contributed by atoms with E-state index >= 15 is 0 Å². The van der Waals surface area contributed by atoms with Gasteiger partial charge in [-0.05, 0) is 59.1 Å². The zero-order valence-corrected chi connectivity index (χ0v) is 15.9. The van der Waals surface area contributed by atoms with Crippen molar-refractivity contribution in [3.8, 4) is 5.75 Å². The molecule has 1 amide bonds. The van der Waals surface area contributed by atoms with Crippen LogP contribution in [0.3, 0.4) is 0 Å². The van der Waals surface area contributed by atoms with Gasteiger partial charge in [0.05, 0.1) is 27.7 Å². The van der Waals surface area contributed by atoms with E-state index in [0.29, 0.717) is 15.8 Å². The number of halogens is 1. The van der Waals surface area contributed by atoms with Crippen molar-refractivity contribution < 1.29 is 17.9 Å². The third-order valence-corrected chi connectivity index (χ3v) is 5.75. The van der Waals surface area contributed by atoms with Gasteiger partial charge in [0.1, 0.15) is 5.75 Å². The number of methoxy groups -OCH3 is 1. The molecule has 2 aromatic rings. The molecule has 132 valence electrons. The largest absolute Gasteiger partial charge is 0.496 e. The zero-order valence-electron chi connectivity index (χ0n) is 13.5. The maximum atomic E-state index is 12.7. The number of hydrogen-bond acceptors (Lipinski definition) is 4. The van der Waals surface area contributed by atoms with E-state index in [-0.39, 0.29) is 22.5 Å². The van der Waals surface area contributed by atoms with Crippen LogP contribution in [0.5, 0.6) is 5.75 Å². The molecule has 2 aromatic carbocycles. The summed E-state index contributed by atoms with van der Waals surface area (Å²) in [5, 5.41) is 2.86. The monoisotopic (exact) mass is 424 g/mol. The third-order valence-electron chi connectivity index (χ3n) is 3.76. The Hall–Kier alpha value is -2.06. The van der Waals surface area contributed by atoms with Crippen molar-refractivity contribution in [3.63, 3.8) is 0 Å². The molecule has 3 rings (SSSR count). The molecule has 0 aliphatic heterocycles. The molecule has 8 heteroatoms. The Morgan fingerprint density at radius 1 is 1.20 bits per heavy atom. The molecule has 2 N–H and O–H groups in total. The van der Waals surface area contributed by atoms with Crippen molar-refractivity contribution in [3.05, 3.63) is 52.5 Å². The van der Waals surface area contributed by atoms with Crippen LogP contribution in [0.1, 0.15) is 23.2 Å². The van der Waals surface area contributed by atoms with Gasteiger partial charge < -0.3 is 10.1 Å². The average Bonchev–Trinajstić information content (AvgIpc) is 3.38. The first-order valence-corrected chi connectivity index (χ1v) is 9.94. The molecule has 0 unspecified atom stereocenters. The highest BCUT2D eigenvalue weighted by molar-refractivity contribution is 9.10. The SMILES string of the molecule is COc1ccc(S(=O)(=O)Nc2ccccc2C(=O)NC2CC2)cc1Br. The van der Waals surface area contributed by atoms with Gasteiger partial charge in [-0.1, -0.05) is 12.1 Å². The zero-order chi connectivity index (χ0) is 18.0. The number of amides is 1. The van der Waals surface area contributed by atoms with Crippen molar-refractivity contribution in [2.75, 3.05) is 11.8 Å². The first-order chi connectivity index (χ1) is 11.9. The predicted molar refractivity (Wildman–Crippen MR) is 98.4 cm³/mol. The minimum absolute atomic E-state index is 0.0672. The third kappa shape index (κ3) is 4.13. The average molecular weight is 425 g/mol. The number of hydrogen-bond donors (Lipinski definition) is 2. The lowest BCUT2D eigenvalue weighted by molar-refractivity contribution is 0.0952. The van der Waals surface area contributed by atoms with Crippen molar-refractivity contribution in [1.82, 2.24) is 5.32 Å². The second-order valence-electron chi connectivity index (χ2n) is 5.70. The van der Waals surface area contributed by atoms with Crippen LogP contribution < -0.4 is 14.8 Å². The normalized spacial score (nSPS) is 14.0. The summed E-state index contributed by atoms with van der Waals surface area (Å²) in [5.74, 6) is 0.250. The standard InChI is InChI=1S/C17H17BrN2O4S/c1-24-16-9-8-12(10-14(16)18)25(22,23)20-15-5-3-2-4-13(15)17(21)19-11-6-7-11/h2-5,8-11,20H,6-7H2,1H3,(H,19,21). The minimum Gasteiger partial charge on any atom is -0.496 e. The van der Waals surface area contributed by atoms with Crippen LogP contribution in [-0.2, 0) is 10.0 Å². The lowest BCUT2D eigenvalue weighted by Crippen LogP contribution is -2.27. The maximum absolute atomic E-state index is 12.7. The van der Waals surface area contributed by atoms with Crippen LogP contribution in [0, 0.1) is 0 Å². The molecule has 1 fully saturated rings. The van der Waals surface area contributed by atoms with Gasteiger partial charge in [0.2, 0.25) is 0 Å². The maximum Gasteiger partial charge on any atom is 0.261 e. The van der Waals surface area contributed by atoms with E-state index in [9.17, 15) is 13.2 Å². The molecule has 1 aliphatic carbocycles. The van der Waals surface area contributed by atoms with Crippen LogP contribution in [0.4, 0.5) is 5.69 Å². The quantitative estimate of drug-likeness (QED) is 0.745. The predicted octanol–water partition coefficient (Wildman–Crippen LogP) is 3.15. The van der Waals surface area contributed by atoms with Crippen molar-refractivity contribution >= 4 is 37.5 Å². The molecule has 1 saturated carbocycles. The number of carbonyl (C=O) groups excluding carboxylic acids is 1. The van der Waals surface area contributed by atoms with Crippen LogP contribution in [0.2, 0.25) is 0 Å². The molecular weight excluding hydrogens is 408 g/mol. The Morgan fingerprint density at radius 3 is 2.56 bits per heavy atom. The van der Waals surface area contributed by atoms with Gasteiger partial charge in [-0.2, -0.15) is 0 Å². The Kier molecular flexibility index (Phi) is 5.01. The van der Waals surface area contributed by atoms with Gasteiger partial charge in [-0.25, -0.2) is 8.42 Å². The highest BCUT2D eigenvalue weighted by Gasteiger charge is 2.26. The van der Waals surface area contributed by atoms with Crippen LogP contribution in [0.15, 0.2) is 51.8 Å². The number of sulfonamides is 1. The lowest BCUT2D eigenvalue weighted by Gasteiger charge is -2.13. The summed E-state index contributed by atoms with van der Waals surface area (Å²) in [6.45, 7) is 0. The highest BCUT2D eigenvalue weighted by Crippen LogP contribution is 2.29. The number of carbonyl (C=O) groups is 1. The van der Waals surface area contributed by atoms with Crippen LogP contribution >= 0.6 is 15.9 Å². The number of rotatable bonds is 6. The molecule has 0 radical (unpaired) electrons. The van der Waals surface area contributed by atoms with E-state index in [1.807, 2.05) is 0 Å². The highest BCUT2D eigenvalue weighted by atomic mass is 79.9. The van der Waals surface area contributed by atoms with E-state index in [2.05, 4.69) is 26.0 Å².